The van der Waals surface area contributed by atoms with Crippen molar-refractivity contribution in [2.75, 3.05) is 7.11 Å². The topological polar surface area (TPSA) is 27.1 Å². The summed E-state index contributed by atoms with van der Waals surface area (Å²) in [6, 6.07) is 2.63. The SMILES string of the molecule is CCCC(CCC)n1cc(C=COC)c2c(Cl)nc(C)cc21. The molecule has 0 aromatic carbocycles. The molecule has 120 valence electrons. The maximum absolute atomic E-state index is 6.42. The van der Waals surface area contributed by atoms with Crippen LogP contribution in [0.4, 0.5) is 0 Å². The monoisotopic (exact) mass is 320 g/mol. The minimum Gasteiger partial charge on any atom is -0.504 e. The van der Waals surface area contributed by atoms with Crippen LogP contribution in [0, 0.1) is 6.92 Å². The molecule has 3 nitrogen and oxygen atoms in total. The number of rotatable bonds is 7. The quantitative estimate of drug-likeness (QED) is 0.479. The van der Waals surface area contributed by atoms with Crippen molar-refractivity contribution < 1.29 is 4.74 Å². The third-order valence-electron chi connectivity index (χ3n) is 3.95. The second-order valence-corrected chi connectivity index (χ2v) is 6.07. The van der Waals surface area contributed by atoms with Gasteiger partial charge in [-0.15, -0.1) is 0 Å². The van der Waals surface area contributed by atoms with Gasteiger partial charge in [0.1, 0.15) is 5.15 Å². The fourth-order valence-corrected chi connectivity index (χ4v) is 3.37. The van der Waals surface area contributed by atoms with E-state index in [1.54, 1.807) is 13.4 Å². The highest BCUT2D eigenvalue weighted by molar-refractivity contribution is 6.34. The van der Waals surface area contributed by atoms with Crippen LogP contribution < -0.4 is 0 Å². The van der Waals surface area contributed by atoms with Gasteiger partial charge < -0.3 is 9.30 Å². The highest BCUT2D eigenvalue weighted by Crippen LogP contribution is 2.33. The lowest BCUT2D eigenvalue weighted by Crippen LogP contribution is -2.07. The lowest BCUT2D eigenvalue weighted by molar-refractivity contribution is 0.341. The maximum atomic E-state index is 6.42. The molecule has 0 aliphatic carbocycles. The number of hydrogen-bond donors (Lipinski definition) is 0. The summed E-state index contributed by atoms with van der Waals surface area (Å²) in [7, 11) is 1.65. The fraction of sp³-hybridized carbons (Fsp3) is 0.500. The van der Waals surface area contributed by atoms with Crippen LogP contribution in [0.5, 0.6) is 0 Å². The van der Waals surface area contributed by atoms with Gasteiger partial charge in [0.2, 0.25) is 0 Å². The van der Waals surface area contributed by atoms with E-state index in [0.29, 0.717) is 11.2 Å². The zero-order valence-electron chi connectivity index (χ0n) is 13.9. The van der Waals surface area contributed by atoms with Gasteiger partial charge in [0.05, 0.1) is 18.9 Å². The van der Waals surface area contributed by atoms with Gasteiger partial charge in [-0.25, -0.2) is 4.98 Å². The van der Waals surface area contributed by atoms with Gasteiger partial charge in [-0.05, 0) is 31.9 Å². The first kappa shape index (κ1) is 16.9. The lowest BCUT2D eigenvalue weighted by atomic mass is 10.1. The average Bonchev–Trinajstić information content (AvgIpc) is 2.83. The van der Waals surface area contributed by atoms with Gasteiger partial charge in [0.25, 0.3) is 0 Å². The smallest absolute Gasteiger partial charge is 0.139 e. The molecule has 4 heteroatoms. The molecule has 2 aromatic rings. The van der Waals surface area contributed by atoms with E-state index in [1.807, 2.05) is 13.0 Å². The molecular formula is C18H25ClN2O. The van der Waals surface area contributed by atoms with Crippen molar-refractivity contribution in [1.82, 2.24) is 9.55 Å². The molecule has 0 spiro atoms. The van der Waals surface area contributed by atoms with Crippen molar-refractivity contribution in [2.24, 2.45) is 0 Å². The molecule has 0 aliphatic heterocycles. The van der Waals surface area contributed by atoms with Gasteiger partial charge in [-0.2, -0.15) is 0 Å². The normalized spacial score (nSPS) is 11.9. The predicted octanol–water partition coefficient (Wildman–Crippen LogP) is 5.76. The van der Waals surface area contributed by atoms with Gasteiger partial charge in [-0.3, -0.25) is 0 Å². The van der Waals surface area contributed by atoms with E-state index in [2.05, 4.69) is 35.7 Å². The summed E-state index contributed by atoms with van der Waals surface area (Å²) < 4.78 is 7.44. The number of halogens is 1. The summed E-state index contributed by atoms with van der Waals surface area (Å²) in [5, 5.41) is 1.58. The molecule has 0 unspecified atom stereocenters. The second kappa shape index (κ2) is 7.68. The van der Waals surface area contributed by atoms with Crippen LogP contribution in [0.3, 0.4) is 0 Å². The first-order chi connectivity index (χ1) is 10.6. The maximum Gasteiger partial charge on any atom is 0.139 e. The molecule has 2 rings (SSSR count). The number of hydrogen-bond acceptors (Lipinski definition) is 2. The fourth-order valence-electron chi connectivity index (χ4n) is 3.03. The van der Waals surface area contributed by atoms with Gasteiger partial charge in [-0.1, -0.05) is 38.3 Å². The number of ether oxygens (including phenoxy) is 1. The molecule has 0 bridgehead atoms. The zero-order valence-corrected chi connectivity index (χ0v) is 14.7. The highest BCUT2D eigenvalue weighted by Gasteiger charge is 2.17. The van der Waals surface area contributed by atoms with E-state index >= 15 is 0 Å². The summed E-state index contributed by atoms with van der Waals surface area (Å²) in [5.74, 6) is 0. The average molecular weight is 321 g/mol. The van der Waals surface area contributed by atoms with Gasteiger partial charge in [0.15, 0.2) is 0 Å². The first-order valence-corrected chi connectivity index (χ1v) is 8.37. The number of aromatic nitrogens is 2. The molecule has 22 heavy (non-hydrogen) atoms. The molecule has 0 N–H and O–H groups in total. The Bertz CT molecular complexity index is 655. The zero-order chi connectivity index (χ0) is 16.1. The summed E-state index contributed by atoms with van der Waals surface area (Å²) in [4.78, 5) is 4.41. The van der Waals surface area contributed by atoms with Crippen LogP contribution >= 0.6 is 11.6 Å². The highest BCUT2D eigenvalue weighted by atomic mass is 35.5. The predicted molar refractivity (Wildman–Crippen MR) is 94.4 cm³/mol. The summed E-state index contributed by atoms with van der Waals surface area (Å²) >= 11 is 6.42. The van der Waals surface area contributed by atoms with Crippen LogP contribution in [-0.2, 0) is 4.74 Å². The number of nitrogens with zero attached hydrogens (tertiary/aromatic N) is 2. The third kappa shape index (κ3) is 3.46. The van der Waals surface area contributed by atoms with E-state index in [9.17, 15) is 0 Å². The molecule has 2 aromatic heterocycles. The summed E-state index contributed by atoms with van der Waals surface area (Å²) in [6.07, 6.45) is 10.5. The minimum absolute atomic E-state index is 0.500. The van der Waals surface area contributed by atoms with Crippen molar-refractivity contribution in [2.45, 2.75) is 52.5 Å². The van der Waals surface area contributed by atoms with E-state index in [0.717, 1.165) is 16.6 Å². The molecule has 0 saturated heterocycles. The Labute approximate surface area is 137 Å². The summed E-state index contributed by atoms with van der Waals surface area (Å²) in [5.41, 5.74) is 3.18. The molecule has 0 aliphatic rings. The van der Waals surface area contributed by atoms with Crippen molar-refractivity contribution in [3.63, 3.8) is 0 Å². The van der Waals surface area contributed by atoms with Crippen LogP contribution in [0.25, 0.3) is 17.0 Å². The van der Waals surface area contributed by atoms with Crippen LogP contribution in [0.2, 0.25) is 5.15 Å². The van der Waals surface area contributed by atoms with Crippen molar-refractivity contribution in [3.05, 3.63) is 34.9 Å². The van der Waals surface area contributed by atoms with Crippen LogP contribution in [0.1, 0.15) is 56.8 Å². The Kier molecular flexibility index (Phi) is 5.90. The minimum atomic E-state index is 0.500. The number of pyridine rings is 1. The first-order valence-electron chi connectivity index (χ1n) is 7.99. The molecule has 0 saturated carbocycles. The second-order valence-electron chi connectivity index (χ2n) is 5.71. The Morgan fingerprint density at radius 3 is 2.59 bits per heavy atom. The molecule has 0 fully saturated rings. The standard InChI is InChI=1S/C18H25ClN2O/c1-5-7-15(8-6-2)21-12-14(9-10-22-4)17-16(21)11-13(3)20-18(17)19/h9-12,15H,5-8H2,1-4H3. The van der Waals surface area contributed by atoms with Crippen molar-refractivity contribution in [1.29, 1.82) is 0 Å². The Morgan fingerprint density at radius 1 is 1.32 bits per heavy atom. The Hall–Kier alpha value is -1.48. The molecule has 0 amide bonds. The van der Waals surface area contributed by atoms with Crippen LogP contribution in [-0.4, -0.2) is 16.7 Å². The van der Waals surface area contributed by atoms with Crippen molar-refractivity contribution >= 4 is 28.6 Å². The van der Waals surface area contributed by atoms with Crippen LogP contribution in [0.15, 0.2) is 18.5 Å². The van der Waals surface area contributed by atoms with E-state index < -0.39 is 0 Å². The molecule has 0 radical (unpaired) electrons. The summed E-state index contributed by atoms with van der Waals surface area (Å²) in [6.45, 7) is 6.46. The van der Waals surface area contributed by atoms with E-state index in [1.165, 1.54) is 31.2 Å². The number of aryl methyl sites for hydroxylation is 1. The van der Waals surface area contributed by atoms with Crippen molar-refractivity contribution in [3.8, 4) is 0 Å². The van der Waals surface area contributed by atoms with E-state index in [4.69, 9.17) is 16.3 Å². The number of methoxy groups -OCH3 is 1. The van der Waals surface area contributed by atoms with E-state index in [-0.39, 0.29) is 0 Å². The Balaban J connectivity index is 2.64. The largest absolute Gasteiger partial charge is 0.504 e. The molecule has 2 heterocycles. The van der Waals surface area contributed by atoms with Gasteiger partial charge in [0, 0.05) is 28.9 Å². The Morgan fingerprint density at radius 2 is 2.00 bits per heavy atom. The third-order valence-corrected chi connectivity index (χ3v) is 4.22. The molecule has 0 atom stereocenters. The molecular weight excluding hydrogens is 296 g/mol. The lowest BCUT2D eigenvalue weighted by Gasteiger charge is -2.19. The van der Waals surface area contributed by atoms with Gasteiger partial charge >= 0.3 is 0 Å². The number of fused-ring (bicyclic) bond motifs is 1.